The van der Waals surface area contributed by atoms with Crippen molar-refractivity contribution in [3.05, 3.63) is 44.4 Å². The van der Waals surface area contributed by atoms with E-state index < -0.39 is 0 Å². The van der Waals surface area contributed by atoms with Crippen LogP contribution in [0.3, 0.4) is 0 Å². The van der Waals surface area contributed by atoms with Gasteiger partial charge in [-0.15, -0.1) is 11.3 Å². The monoisotopic (exact) mass is 398 g/mol. The van der Waals surface area contributed by atoms with Gasteiger partial charge in [0.05, 0.1) is 22.1 Å². The summed E-state index contributed by atoms with van der Waals surface area (Å²) in [5, 5.41) is 0.489. The number of nitrogens with one attached hydrogen (secondary N) is 1. The maximum Gasteiger partial charge on any atom is 0.265 e. The third-order valence-electron chi connectivity index (χ3n) is 5.16. The molecule has 4 rings (SSSR count). The molecule has 1 fully saturated rings. The number of carbonyl (C=O) groups is 1. The number of piperidine rings is 1. The highest BCUT2D eigenvalue weighted by Crippen LogP contribution is 2.29. The molecule has 1 aliphatic heterocycles. The van der Waals surface area contributed by atoms with Crippen molar-refractivity contribution in [2.75, 3.05) is 32.1 Å². The predicted molar refractivity (Wildman–Crippen MR) is 109 cm³/mol. The standard InChI is InChI=1S/C19H22N6O2S/c1-11-16(28-10-21-11)18(27)25-6-4-12(5-7-25)14-8-15-13(17(26)22-14)9-20-19(23-15)24(2)3/h8-10,12H,4-7H2,1-3H3,(H,22,26). The molecule has 3 aromatic rings. The molecule has 0 aromatic carbocycles. The number of aryl methyl sites for hydroxylation is 1. The Morgan fingerprint density at radius 3 is 2.68 bits per heavy atom. The summed E-state index contributed by atoms with van der Waals surface area (Å²) in [5.74, 6) is 0.819. The van der Waals surface area contributed by atoms with Crippen LogP contribution in [0.5, 0.6) is 0 Å². The molecule has 1 amide bonds. The van der Waals surface area contributed by atoms with Crippen LogP contribution < -0.4 is 10.5 Å². The second-order valence-electron chi connectivity index (χ2n) is 7.25. The summed E-state index contributed by atoms with van der Waals surface area (Å²) in [4.78, 5) is 45.4. The van der Waals surface area contributed by atoms with Crippen LogP contribution >= 0.6 is 11.3 Å². The minimum atomic E-state index is -0.170. The van der Waals surface area contributed by atoms with Gasteiger partial charge in [0.2, 0.25) is 5.95 Å². The average molecular weight is 398 g/mol. The van der Waals surface area contributed by atoms with Crippen molar-refractivity contribution < 1.29 is 4.79 Å². The lowest BCUT2D eigenvalue weighted by Crippen LogP contribution is -2.38. The van der Waals surface area contributed by atoms with E-state index in [0.717, 1.165) is 24.2 Å². The van der Waals surface area contributed by atoms with Gasteiger partial charge in [0.1, 0.15) is 4.88 Å². The van der Waals surface area contributed by atoms with Crippen LogP contribution in [0.2, 0.25) is 0 Å². The number of nitrogens with zero attached hydrogens (tertiary/aromatic N) is 5. The van der Waals surface area contributed by atoms with Crippen molar-refractivity contribution in [1.29, 1.82) is 0 Å². The molecule has 0 unspecified atom stereocenters. The Morgan fingerprint density at radius 2 is 2.04 bits per heavy atom. The van der Waals surface area contributed by atoms with Gasteiger partial charge in [0.15, 0.2) is 0 Å². The summed E-state index contributed by atoms with van der Waals surface area (Å²) in [6, 6.07) is 1.95. The van der Waals surface area contributed by atoms with E-state index in [1.165, 1.54) is 11.3 Å². The second-order valence-corrected chi connectivity index (χ2v) is 8.11. The number of H-pyrrole nitrogens is 1. The van der Waals surface area contributed by atoms with Crippen LogP contribution in [0.25, 0.3) is 10.9 Å². The van der Waals surface area contributed by atoms with Crippen LogP contribution in [0.1, 0.15) is 39.8 Å². The van der Waals surface area contributed by atoms with Crippen molar-refractivity contribution in [2.45, 2.75) is 25.7 Å². The number of aromatic amines is 1. The van der Waals surface area contributed by atoms with Crippen molar-refractivity contribution in [3.63, 3.8) is 0 Å². The van der Waals surface area contributed by atoms with Crippen molar-refractivity contribution in [1.82, 2.24) is 24.8 Å². The fourth-order valence-corrected chi connectivity index (χ4v) is 4.30. The van der Waals surface area contributed by atoms with Gasteiger partial charge in [-0.25, -0.2) is 15.0 Å². The maximum absolute atomic E-state index is 12.7. The Kier molecular flexibility index (Phi) is 4.84. The third-order valence-corrected chi connectivity index (χ3v) is 6.08. The zero-order valence-electron chi connectivity index (χ0n) is 16.1. The largest absolute Gasteiger partial charge is 0.347 e. The van der Waals surface area contributed by atoms with E-state index in [9.17, 15) is 9.59 Å². The van der Waals surface area contributed by atoms with E-state index >= 15 is 0 Å². The van der Waals surface area contributed by atoms with E-state index in [1.54, 1.807) is 11.7 Å². The van der Waals surface area contributed by atoms with Crippen LogP contribution in [0.15, 0.2) is 22.6 Å². The normalized spacial score (nSPS) is 15.2. The number of amides is 1. The highest BCUT2D eigenvalue weighted by molar-refractivity contribution is 7.11. The van der Waals surface area contributed by atoms with Gasteiger partial charge >= 0.3 is 0 Å². The molecule has 0 radical (unpaired) electrons. The number of rotatable bonds is 3. The Morgan fingerprint density at radius 1 is 1.29 bits per heavy atom. The SMILES string of the molecule is Cc1ncsc1C(=O)N1CCC(c2cc3nc(N(C)C)ncc3c(=O)[nH]2)CC1. The number of carbonyl (C=O) groups excluding carboxylic acids is 1. The molecule has 8 nitrogen and oxygen atoms in total. The first kappa shape index (κ1) is 18.5. The van der Waals surface area contributed by atoms with E-state index in [2.05, 4.69) is 19.9 Å². The molecule has 146 valence electrons. The van der Waals surface area contributed by atoms with Gasteiger partial charge in [0, 0.05) is 45.0 Å². The number of hydrogen-bond acceptors (Lipinski definition) is 7. The number of aromatic nitrogens is 4. The molecule has 0 spiro atoms. The first-order valence-electron chi connectivity index (χ1n) is 9.20. The lowest BCUT2D eigenvalue weighted by molar-refractivity contribution is 0.0716. The second kappa shape index (κ2) is 7.31. The van der Waals surface area contributed by atoms with Crippen LogP contribution in [-0.4, -0.2) is 57.9 Å². The van der Waals surface area contributed by atoms with Crippen LogP contribution in [0, 0.1) is 6.92 Å². The summed E-state index contributed by atoms with van der Waals surface area (Å²) >= 11 is 1.39. The van der Waals surface area contributed by atoms with Crippen LogP contribution in [0.4, 0.5) is 5.95 Å². The number of likely N-dealkylation sites (tertiary alicyclic amines) is 1. The number of anilines is 1. The zero-order chi connectivity index (χ0) is 19.8. The fourth-order valence-electron chi connectivity index (χ4n) is 3.53. The van der Waals surface area contributed by atoms with Gasteiger partial charge < -0.3 is 14.8 Å². The molecule has 0 saturated carbocycles. The third kappa shape index (κ3) is 3.37. The molecule has 1 N–H and O–H groups in total. The Balaban J connectivity index is 1.54. The summed E-state index contributed by atoms with van der Waals surface area (Å²) in [6.07, 6.45) is 3.17. The van der Waals surface area contributed by atoms with Crippen LogP contribution in [-0.2, 0) is 0 Å². The summed E-state index contributed by atoms with van der Waals surface area (Å²) in [6.45, 7) is 3.18. The highest BCUT2D eigenvalue weighted by atomic mass is 32.1. The van der Waals surface area contributed by atoms with Gasteiger partial charge in [-0.2, -0.15) is 0 Å². The summed E-state index contributed by atoms with van der Waals surface area (Å²) in [5.41, 5.74) is 3.85. The first-order chi connectivity index (χ1) is 13.4. The van der Waals surface area contributed by atoms with E-state index in [4.69, 9.17) is 0 Å². The van der Waals surface area contributed by atoms with E-state index in [0.29, 0.717) is 34.8 Å². The zero-order valence-corrected chi connectivity index (χ0v) is 16.9. The minimum Gasteiger partial charge on any atom is -0.347 e. The van der Waals surface area contributed by atoms with E-state index in [1.807, 2.05) is 36.9 Å². The topological polar surface area (TPSA) is 95.1 Å². The van der Waals surface area contributed by atoms with Gasteiger partial charge in [-0.05, 0) is 25.8 Å². The highest BCUT2D eigenvalue weighted by Gasteiger charge is 2.27. The van der Waals surface area contributed by atoms with Crippen molar-refractivity contribution >= 4 is 34.1 Å². The van der Waals surface area contributed by atoms with Crippen molar-refractivity contribution in [3.8, 4) is 0 Å². The molecule has 9 heteroatoms. The lowest BCUT2D eigenvalue weighted by atomic mass is 9.92. The molecule has 28 heavy (non-hydrogen) atoms. The average Bonchev–Trinajstić information content (AvgIpc) is 3.13. The molecule has 1 aliphatic rings. The molecule has 4 heterocycles. The molecule has 1 saturated heterocycles. The van der Waals surface area contributed by atoms with E-state index in [-0.39, 0.29) is 17.4 Å². The fraction of sp³-hybridized carbons (Fsp3) is 0.421. The smallest absolute Gasteiger partial charge is 0.265 e. The molecule has 0 atom stereocenters. The van der Waals surface area contributed by atoms with Gasteiger partial charge in [-0.1, -0.05) is 0 Å². The van der Waals surface area contributed by atoms with Crippen molar-refractivity contribution in [2.24, 2.45) is 0 Å². The Labute approximate surface area is 166 Å². The summed E-state index contributed by atoms with van der Waals surface area (Å²) < 4.78 is 0. The maximum atomic E-state index is 12.7. The molecular weight excluding hydrogens is 376 g/mol. The van der Waals surface area contributed by atoms with Gasteiger partial charge in [-0.3, -0.25) is 9.59 Å². The molecular formula is C19H22N6O2S. The first-order valence-corrected chi connectivity index (χ1v) is 10.1. The predicted octanol–water partition coefficient (Wildman–Crippen LogP) is 2.17. The Hall–Kier alpha value is -2.81. The number of fused-ring (bicyclic) bond motifs is 1. The molecule has 3 aromatic heterocycles. The number of hydrogen-bond donors (Lipinski definition) is 1. The van der Waals surface area contributed by atoms with Gasteiger partial charge in [0.25, 0.3) is 11.5 Å². The summed E-state index contributed by atoms with van der Waals surface area (Å²) in [7, 11) is 3.74. The quantitative estimate of drug-likeness (QED) is 0.727. The molecule has 0 aliphatic carbocycles. The number of pyridine rings is 1. The lowest BCUT2D eigenvalue weighted by Gasteiger charge is -2.31. The number of thiazole rings is 1. The Bertz CT molecular complexity index is 1080. The molecule has 0 bridgehead atoms. The minimum absolute atomic E-state index is 0.0498.